The summed E-state index contributed by atoms with van der Waals surface area (Å²) in [4.78, 5) is 8.69. The molecule has 0 unspecified atom stereocenters. The van der Waals surface area contributed by atoms with Crippen LogP contribution in [0.25, 0.3) is 5.78 Å². The highest BCUT2D eigenvalue weighted by Gasteiger charge is 2.09. The van der Waals surface area contributed by atoms with Crippen LogP contribution in [-0.2, 0) is 11.2 Å². The topological polar surface area (TPSA) is 39.4 Å². The first-order chi connectivity index (χ1) is 7.72. The van der Waals surface area contributed by atoms with Crippen LogP contribution < -0.4 is 0 Å². The van der Waals surface area contributed by atoms with E-state index in [4.69, 9.17) is 4.74 Å². The minimum Gasteiger partial charge on any atom is -0.385 e. The van der Waals surface area contributed by atoms with E-state index < -0.39 is 0 Å². The van der Waals surface area contributed by atoms with Crippen molar-refractivity contribution in [2.45, 2.75) is 19.8 Å². The van der Waals surface area contributed by atoms with Gasteiger partial charge in [0.15, 0.2) is 0 Å². The molecule has 16 heavy (non-hydrogen) atoms. The fourth-order valence-corrected chi connectivity index (χ4v) is 2.06. The van der Waals surface area contributed by atoms with Crippen molar-refractivity contribution < 1.29 is 4.74 Å². The first kappa shape index (κ1) is 11.5. The molecule has 5 heteroatoms. The van der Waals surface area contributed by atoms with Gasteiger partial charge in [0.1, 0.15) is 0 Å². The highest BCUT2D eigenvalue weighted by Crippen LogP contribution is 2.15. The summed E-state index contributed by atoms with van der Waals surface area (Å²) < 4.78 is 8.06. The van der Waals surface area contributed by atoms with Crippen LogP contribution in [0.2, 0.25) is 0 Å². The minimum atomic E-state index is 0.758. The summed E-state index contributed by atoms with van der Waals surface area (Å²) in [5, 5.41) is 0. The molecule has 2 aromatic rings. The molecular weight excluding hydrogens is 270 g/mol. The molecule has 0 spiro atoms. The molecule has 0 aliphatic rings. The Kier molecular flexibility index (Phi) is 3.56. The lowest BCUT2D eigenvalue weighted by molar-refractivity contribution is 0.195. The van der Waals surface area contributed by atoms with E-state index in [1.54, 1.807) is 13.3 Å². The van der Waals surface area contributed by atoms with E-state index in [0.29, 0.717) is 0 Å². The molecule has 2 rings (SSSR count). The van der Waals surface area contributed by atoms with E-state index in [9.17, 15) is 0 Å². The van der Waals surface area contributed by atoms with E-state index in [-0.39, 0.29) is 0 Å². The molecule has 2 heterocycles. The van der Waals surface area contributed by atoms with Gasteiger partial charge in [-0.2, -0.15) is 0 Å². The van der Waals surface area contributed by atoms with Crippen LogP contribution in [0.3, 0.4) is 0 Å². The lowest BCUT2D eigenvalue weighted by atomic mass is 10.2. The lowest BCUT2D eigenvalue weighted by Gasteiger charge is -2.02. The number of hydrogen-bond donors (Lipinski definition) is 0. The summed E-state index contributed by atoms with van der Waals surface area (Å²) in [5.74, 6) is 0.758. The van der Waals surface area contributed by atoms with Crippen LogP contribution in [0.1, 0.15) is 17.8 Å². The SMILES string of the molecule is COCCCc1c(C)nc2ncc(Br)cn12. The Bertz CT molecular complexity index is 495. The fourth-order valence-electron chi connectivity index (χ4n) is 1.75. The lowest BCUT2D eigenvalue weighted by Crippen LogP contribution is -1.99. The van der Waals surface area contributed by atoms with Gasteiger partial charge in [-0.3, -0.25) is 4.40 Å². The smallest absolute Gasteiger partial charge is 0.234 e. The maximum atomic E-state index is 5.06. The van der Waals surface area contributed by atoms with Crippen molar-refractivity contribution in [3.8, 4) is 0 Å². The standard InChI is InChI=1S/C11H14BrN3O/c1-8-10(4-3-5-16-2)15-7-9(12)6-13-11(15)14-8/h6-7H,3-5H2,1-2H3. The first-order valence-corrected chi connectivity index (χ1v) is 5.99. The summed E-state index contributed by atoms with van der Waals surface area (Å²) in [7, 11) is 1.72. The average molecular weight is 284 g/mol. The predicted molar refractivity (Wildman–Crippen MR) is 65.6 cm³/mol. The monoisotopic (exact) mass is 283 g/mol. The number of rotatable bonds is 4. The Hall–Kier alpha value is -0.940. The molecule has 0 saturated carbocycles. The van der Waals surface area contributed by atoms with Gasteiger partial charge in [0, 0.05) is 31.8 Å². The third-order valence-corrected chi connectivity index (χ3v) is 2.92. The molecule has 0 amide bonds. The van der Waals surface area contributed by atoms with Gasteiger partial charge in [0.25, 0.3) is 0 Å². The number of imidazole rings is 1. The molecule has 0 aliphatic heterocycles. The van der Waals surface area contributed by atoms with Crippen molar-refractivity contribution in [1.29, 1.82) is 0 Å². The zero-order chi connectivity index (χ0) is 11.5. The van der Waals surface area contributed by atoms with Crippen LogP contribution >= 0.6 is 15.9 Å². The van der Waals surface area contributed by atoms with Crippen LogP contribution in [0.15, 0.2) is 16.9 Å². The third kappa shape index (κ3) is 2.25. The Morgan fingerprint density at radius 2 is 2.31 bits per heavy atom. The van der Waals surface area contributed by atoms with Crippen LogP contribution in [-0.4, -0.2) is 28.1 Å². The number of ether oxygens (including phenoxy) is 1. The molecule has 0 fully saturated rings. The summed E-state index contributed by atoms with van der Waals surface area (Å²) in [6.45, 7) is 2.79. The largest absolute Gasteiger partial charge is 0.385 e. The zero-order valence-electron chi connectivity index (χ0n) is 9.40. The average Bonchev–Trinajstić information content (AvgIpc) is 2.56. The van der Waals surface area contributed by atoms with Crippen molar-refractivity contribution >= 4 is 21.7 Å². The molecule has 0 saturated heterocycles. The Labute approximate surface area is 103 Å². The summed E-state index contributed by atoms with van der Waals surface area (Å²) >= 11 is 3.42. The Balaban J connectivity index is 2.34. The highest BCUT2D eigenvalue weighted by atomic mass is 79.9. The Morgan fingerprint density at radius 1 is 1.50 bits per heavy atom. The second kappa shape index (κ2) is 4.93. The normalized spacial score (nSPS) is 11.2. The molecule has 0 radical (unpaired) electrons. The zero-order valence-corrected chi connectivity index (χ0v) is 11.0. The summed E-state index contributed by atoms with van der Waals surface area (Å²) in [6, 6.07) is 0. The van der Waals surface area contributed by atoms with Gasteiger partial charge in [-0.15, -0.1) is 0 Å². The van der Waals surface area contributed by atoms with E-state index in [2.05, 4.69) is 25.9 Å². The molecule has 0 N–H and O–H groups in total. The van der Waals surface area contributed by atoms with Crippen molar-refractivity contribution in [3.63, 3.8) is 0 Å². The molecule has 0 aromatic carbocycles. The highest BCUT2D eigenvalue weighted by molar-refractivity contribution is 9.10. The maximum Gasteiger partial charge on any atom is 0.234 e. The van der Waals surface area contributed by atoms with Gasteiger partial charge < -0.3 is 4.74 Å². The van der Waals surface area contributed by atoms with E-state index >= 15 is 0 Å². The third-order valence-electron chi connectivity index (χ3n) is 2.51. The number of aryl methyl sites for hydroxylation is 2. The Morgan fingerprint density at radius 3 is 3.06 bits per heavy atom. The number of aromatic nitrogens is 3. The van der Waals surface area contributed by atoms with Gasteiger partial charge in [-0.05, 0) is 35.7 Å². The van der Waals surface area contributed by atoms with Gasteiger partial charge in [0.05, 0.1) is 10.2 Å². The maximum absolute atomic E-state index is 5.06. The second-order valence-corrected chi connectivity index (χ2v) is 4.60. The van der Waals surface area contributed by atoms with Crippen molar-refractivity contribution in [1.82, 2.24) is 14.4 Å². The number of fused-ring (bicyclic) bond motifs is 1. The molecule has 0 bridgehead atoms. The number of methoxy groups -OCH3 is 1. The van der Waals surface area contributed by atoms with E-state index in [1.165, 1.54) is 5.69 Å². The number of hydrogen-bond acceptors (Lipinski definition) is 3. The molecule has 0 atom stereocenters. The van der Waals surface area contributed by atoms with E-state index in [1.807, 2.05) is 17.5 Å². The first-order valence-electron chi connectivity index (χ1n) is 5.20. The van der Waals surface area contributed by atoms with Crippen molar-refractivity contribution in [2.24, 2.45) is 0 Å². The van der Waals surface area contributed by atoms with Crippen LogP contribution in [0.4, 0.5) is 0 Å². The molecule has 2 aromatic heterocycles. The van der Waals surface area contributed by atoms with Gasteiger partial charge >= 0.3 is 0 Å². The van der Waals surface area contributed by atoms with Gasteiger partial charge in [-0.1, -0.05) is 0 Å². The second-order valence-electron chi connectivity index (χ2n) is 3.68. The fraction of sp³-hybridized carbons (Fsp3) is 0.455. The quantitative estimate of drug-likeness (QED) is 0.809. The minimum absolute atomic E-state index is 0.758. The van der Waals surface area contributed by atoms with Crippen LogP contribution in [0.5, 0.6) is 0 Å². The molecule has 4 nitrogen and oxygen atoms in total. The van der Waals surface area contributed by atoms with Gasteiger partial charge in [-0.25, -0.2) is 9.97 Å². The molecule has 86 valence electrons. The number of nitrogens with zero attached hydrogens (tertiary/aromatic N) is 3. The summed E-state index contributed by atoms with van der Waals surface area (Å²) in [5.41, 5.74) is 2.25. The van der Waals surface area contributed by atoms with Gasteiger partial charge in [0.2, 0.25) is 5.78 Å². The van der Waals surface area contributed by atoms with E-state index in [0.717, 1.165) is 35.4 Å². The summed E-state index contributed by atoms with van der Waals surface area (Å²) in [6.07, 6.45) is 5.72. The molecule has 0 aliphatic carbocycles. The van der Waals surface area contributed by atoms with Crippen molar-refractivity contribution in [3.05, 3.63) is 28.3 Å². The molecular formula is C11H14BrN3O. The van der Waals surface area contributed by atoms with Crippen LogP contribution in [0, 0.1) is 6.92 Å². The predicted octanol–water partition coefficient (Wildman–Crippen LogP) is 2.38. The van der Waals surface area contributed by atoms with Crippen molar-refractivity contribution in [2.75, 3.05) is 13.7 Å². The number of halogens is 1.